The minimum Gasteiger partial charge on any atom is -0.508 e. The Morgan fingerprint density at radius 2 is 1.84 bits per heavy atom. The maximum absolute atomic E-state index is 13.1. The van der Waals surface area contributed by atoms with Gasteiger partial charge in [-0.2, -0.15) is 0 Å². The van der Waals surface area contributed by atoms with Crippen molar-refractivity contribution in [3.63, 3.8) is 0 Å². The van der Waals surface area contributed by atoms with Crippen LogP contribution in [-0.2, 0) is 16.0 Å². The number of rotatable bonds is 7. The molecule has 2 heterocycles. The normalized spacial score (nSPS) is 19.5. The van der Waals surface area contributed by atoms with Crippen LogP contribution in [0.25, 0.3) is 5.76 Å². The summed E-state index contributed by atoms with van der Waals surface area (Å²) in [6.45, 7) is 7.32. The van der Waals surface area contributed by atoms with Gasteiger partial charge in [-0.3, -0.25) is 9.59 Å². The van der Waals surface area contributed by atoms with Crippen LogP contribution in [0.5, 0.6) is 11.5 Å². The number of ether oxygens (including phenoxy) is 1. The van der Waals surface area contributed by atoms with Crippen molar-refractivity contribution < 1.29 is 24.5 Å². The lowest BCUT2D eigenvalue weighted by atomic mass is 9.94. The van der Waals surface area contributed by atoms with Crippen LogP contribution in [0, 0.1) is 0 Å². The highest BCUT2D eigenvalue weighted by Crippen LogP contribution is 2.40. The second-order valence-corrected chi connectivity index (χ2v) is 8.03. The van der Waals surface area contributed by atoms with E-state index in [1.165, 1.54) is 17.0 Å². The summed E-state index contributed by atoms with van der Waals surface area (Å²) < 4.78 is 5.54. The maximum atomic E-state index is 13.1. The Labute approximate surface area is 187 Å². The van der Waals surface area contributed by atoms with Gasteiger partial charge in [0.15, 0.2) is 0 Å². The Morgan fingerprint density at radius 1 is 1.12 bits per heavy atom. The molecule has 168 valence electrons. The molecular formula is C25H28N2O5. The van der Waals surface area contributed by atoms with E-state index in [9.17, 15) is 19.8 Å². The van der Waals surface area contributed by atoms with Gasteiger partial charge in [0.05, 0.1) is 18.2 Å². The van der Waals surface area contributed by atoms with Gasteiger partial charge < -0.3 is 24.7 Å². The summed E-state index contributed by atoms with van der Waals surface area (Å²) in [6, 6.07) is 11.0. The number of phenols is 1. The van der Waals surface area contributed by atoms with Crippen molar-refractivity contribution in [2.24, 2.45) is 0 Å². The molecule has 1 fully saturated rings. The number of hydrogen-bond donors (Lipinski definition) is 2. The standard InChI is InChI=1S/C25H28N2O5/c1-3-26(4-2)12-13-27-22(16-5-8-19(28)9-6-16)21(24(30)25(27)31)23(29)18-7-10-20-17(15-18)11-14-32-20/h5-10,15,22,28-29H,3-4,11-14H2,1-2H3/b23-21-. The smallest absolute Gasteiger partial charge is 0.295 e. The van der Waals surface area contributed by atoms with Crippen molar-refractivity contribution in [1.29, 1.82) is 0 Å². The maximum Gasteiger partial charge on any atom is 0.295 e. The molecule has 0 bridgehead atoms. The number of aromatic hydroxyl groups is 1. The van der Waals surface area contributed by atoms with Crippen LogP contribution in [0.1, 0.15) is 36.6 Å². The van der Waals surface area contributed by atoms with Crippen molar-refractivity contribution in [3.05, 3.63) is 64.7 Å². The van der Waals surface area contributed by atoms with Crippen molar-refractivity contribution in [2.75, 3.05) is 32.8 Å². The molecule has 1 atom stereocenters. The first kappa shape index (κ1) is 21.9. The van der Waals surface area contributed by atoms with E-state index in [1.807, 2.05) is 19.9 Å². The van der Waals surface area contributed by atoms with Crippen molar-refractivity contribution in [1.82, 2.24) is 9.80 Å². The first-order valence-corrected chi connectivity index (χ1v) is 11.0. The SMILES string of the molecule is CCN(CC)CCN1C(=O)C(=O)/C(=C(\O)c2ccc3c(c2)CCO3)C1c1ccc(O)cc1. The molecule has 0 spiro atoms. The number of hydrogen-bond acceptors (Lipinski definition) is 6. The number of fused-ring (bicyclic) bond motifs is 1. The van der Waals surface area contributed by atoms with Crippen LogP contribution in [0.4, 0.5) is 0 Å². The van der Waals surface area contributed by atoms with Gasteiger partial charge >= 0.3 is 0 Å². The fourth-order valence-electron chi connectivity index (χ4n) is 4.39. The molecule has 1 saturated heterocycles. The number of likely N-dealkylation sites (tertiary alicyclic amines) is 1. The first-order chi connectivity index (χ1) is 15.4. The van der Waals surface area contributed by atoms with Gasteiger partial charge in [0, 0.05) is 25.1 Å². The zero-order valence-corrected chi connectivity index (χ0v) is 18.4. The summed E-state index contributed by atoms with van der Waals surface area (Å²) in [7, 11) is 0. The van der Waals surface area contributed by atoms with Crippen LogP contribution < -0.4 is 4.74 Å². The highest BCUT2D eigenvalue weighted by Gasteiger charge is 2.46. The number of nitrogens with zero attached hydrogens (tertiary/aromatic N) is 2. The van der Waals surface area contributed by atoms with E-state index in [1.54, 1.807) is 24.3 Å². The van der Waals surface area contributed by atoms with Gasteiger partial charge in [-0.05, 0) is 54.5 Å². The summed E-state index contributed by atoms with van der Waals surface area (Å²) in [6.07, 6.45) is 0.732. The van der Waals surface area contributed by atoms with Gasteiger partial charge in [-0.1, -0.05) is 26.0 Å². The van der Waals surface area contributed by atoms with Crippen molar-refractivity contribution >= 4 is 17.4 Å². The predicted octanol–water partition coefficient (Wildman–Crippen LogP) is 3.09. The average Bonchev–Trinajstić information content (AvgIpc) is 3.37. The van der Waals surface area contributed by atoms with Crippen LogP contribution in [0.3, 0.4) is 0 Å². The van der Waals surface area contributed by atoms with Crippen LogP contribution in [0.15, 0.2) is 48.0 Å². The molecule has 7 heteroatoms. The number of aliphatic hydroxyl groups is 1. The lowest BCUT2D eigenvalue weighted by Gasteiger charge is -2.28. The summed E-state index contributed by atoms with van der Waals surface area (Å²) >= 11 is 0. The largest absolute Gasteiger partial charge is 0.508 e. The number of benzene rings is 2. The summed E-state index contributed by atoms with van der Waals surface area (Å²) in [5.74, 6) is -0.650. The van der Waals surface area contributed by atoms with E-state index in [0.29, 0.717) is 30.8 Å². The fourth-order valence-corrected chi connectivity index (χ4v) is 4.39. The summed E-state index contributed by atoms with van der Waals surface area (Å²) in [4.78, 5) is 29.8. The third-order valence-electron chi connectivity index (χ3n) is 6.26. The first-order valence-electron chi connectivity index (χ1n) is 11.0. The van der Waals surface area contributed by atoms with Gasteiger partial charge in [0.1, 0.15) is 17.3 Å². The molecule has 1 amide bonds. The highest BCUT2D eigenvalue weighted by molar-refractivity contribution is 6.46. The number of likely N-dealkylation sites (N-methyl/N-ethyl adjacent to an activating group) is 1. The fraction of sp³-hybridized carbons (Fsp3) is 0.360. The number of carbonyl (C=O) groups is 2. The van der Waals surface area contributed by atoms with Gasteiger partial charge in [-0.25, -0.2) is 0 Å². The zero-order chi connectivity index (χ0) is 22.8. The molecule has 2 aromatic rings. The molecule has 0 radical (unpaired) electrons. The Bertz CT molecular complexity index is 1060. The molecule has 32 heavy (non-hydrogen) atoms. The van der Waals surface area contributed by atoms with E-state index in [0.717, 1.165) is 30.8 Å². The van der Waals surface area contributed by atoms with E-state index >= 15 is 0 Å². The number of aliphatic hydroxyl groups excluding tert-OH is 1. The van der Waals surface area contributed by atoms with Crippen molar-refractivity contribution in [3.8, 4) is 11.5 Å². The molecule has 0 saturated carbocycles. The monoisotopic (exact) mass is 436 g/mol. The molecule has 2 aromatic carbocycles. The number of carbonyl (C=O) groups excluding carboxylic acids is 2. The second-order valence-electron chi connectivity index (χ2n) is 8.03. The molecule has 4 rings (SSSR count). The number of Topliss-reactive ketones (excluding diaryl/α,β-unsaturated/α-hetero) is 1. The van der Waals surface area contributed by atoms with E-state index in [2.05, 4.69) is 4.90 Å². The minimum absolute atomic E-state index is 0.0686. The Kier molecular flexibility index (Phi) is 6.19. The van der Waals surface area contributed by atoms with Gasteiger partial charge in [-0.15, -0.1) is 0 Å². The third-order valence-corrected chi connectivity index (χ3v) is 6.26. The number of amides is 1. The summed E-state index contributed by atoms with van der Waals surface area (Å²) in [5, 5.41) is 20.9. The minimum atomic E-state index is -0.726. The van der Waals surface area contributed by atoms with E-state index < -0.39 is 17.7 Å². The predicted molar refractivity (Wildman–Crippen MR) is 121 cm³/mol. The van der Waals surface area contributed by atoms with E-state index in [4.69, 9.17) is 4.74 Å². The quantitative estimate of drug-likeness (QED) is 0.394. The lowest BCUT2D eigenvalue weighted by Crippen LogP contribution is -2.38. The molecular weight excluding hydrogens is 408 g/mol. The van der Waals surface area contributed by atoms with Crippen molar-refractivity contribution in [2.45, 2.75) is 26.3 Å². The second kappa shape index (κ2) is 9.04. The Hall–Kier alpha value is -3.32. The number of ketones is 1. The number of phenolic OH excluding ortho intramolecular Hbond substituents is 1. The lowest BCUT2D eigenvalue weighted by molar-refractivity contribution is -0.140. The third kappa shape index (κ3) is 3.96. The molecule has 2 aliphatic heterocycles. The molecule has 7 nitrogen and oxygen atoms in total. The van der Waals surface area contributed by atoms with Gasteiger partial charge in [0.2, 0.25) is 0 Å². The van der Waals surface area contributed by atoms with Crippen LogP contribution in [-0.4, -0.2) is 64.5 Å². The van der Waals surface area contributed by atoms with Crippen LogP contribution in [0.2, 0.25) is 0 Å². The molecule has 2 aliphatic rings. The molecule has 2 N–H and O–H groups in total. The molecule has 1 unspecified atom stereocenters. The summed E-state index contributed by atoms with van der Waals surface area (Å²) in [5.41, 5.74) is 2.18. The Morgan fingerprint density at radius 3 is 2.53 bits per heavy atom. The molecule has 0 aliphatic carbocycles. The Balaban J connectivity index is 1.78. The van der Waals surface area contributed by atoms with Gasteiger partial charge in [0.25, 0.3) is 11.7 Å². The van der Waals surface area contributed by atoms with E-state index in [-0.39, 0.29) is 17.1 Å². The topological polar surface area (TPSA) is 90.3 Å². The molecule has 0 aromatic heterocycles. The average molecular weight is 437 g/mol. The highest BCUT2D eigenvalue weighted by atomic mass is 16.5. The zero-order valence-electron chi connectivity index (χ0n) is 18.4. The van der Waals surface area contributed by atoms with Crippen LogP contribution >= 0.6 is 0 Å².